The molecule has 2 aromatic carbocycles. The molecule has 0 aromatic heterocycles. The predicted octanol–water partition coefficient (Wildman–Crippen LogP) is 5.09. The van der Waals surface area contributed by atoms with Crippen molar-refractivity contribution in [3.8, 4) is 5.75 Å². The van der Waals surface area contributed by atoms with Crippen molar-refractivity contribution in [1.82, 2.24) is 4.90 Å². The van der Waals surface area contributed by atoms with E-state index >= 15 is 0 Å². The number of likely N-dealkylation sites (tertiary alicyclic amines) is 1. The lowest BCUT2D eigenvalue weighted by atomic mass is 9.95. The quantitative estimate of drug-likeness (QED) is 0.287. The van der Waals surface area contributed by atoms with Crippen LogP contribution in [0.5, 0.6) is 5.75 Å². The fourth-order valence-corrected chi connectivity index (χ4v) is 3.74. The summed E-state index contributed by atoms with van der Waals surface area (Å²) in [5, 5.41) is 11.0. The number of nitrogens with zero attached hydrogens (tertiary/aromatic N) is 1. The number of carbonyl (C=O) groups excluding carboxylic acids is 2. The number of ether oxygens (including phenoxy) is 1. The number of hydrogen-bond acceptors (Lipinski definition) is 4. The molecule has 1 atom stereocenters. The van der Waals surface area contributed by atoms with Gasteiger partial charge in [0.05, 0.1) is 17.7 Å². The third-order valence-corrected chi connectivity index (χ3v) is 5.16. The summed E-state index contributed by atoms with van der Waals surface area (Å²) in [5.74, 6) is -0.615. The summed E-state index contributed by atoms with van der Waals surface area (Å²) in [7, 11) is 0. The van der Waals surface area contributed by atoms with Gasteiger partial charge in [0.25, 0.3) is 11.7 Å². The van der Waals surface area contributed by atoms with E-state index in [1.54, 1.807) is 29.2 Å². The number of rotatable bonds is 8. The minimum absolute atomic E-state index is 0.0496. The summed E-state index contributed by atoms with van der Waals surface area (Å²) < 4.78 is 5.72. The van der Waals surface area contributed by atoms with Crippen LogP contribution in [0.15, 0.2) is 60.2 Å². The van der Waals surface area contributed by atoms with E-state index in [0.717, 1.165) is 30.6 Å². The van der Waals surface area contributed by atoms with Gasteiger partial charge in [-0.1, -0.05) is 62.2 Å². The maximum Gasteiger partial charge on any atom is 0.295 e. The van der Waals surface area contributed by atoms with Crippen LogP contribution in [0.3, 0.4) is 0 Å². The molecule has 1 amide bonds. The van der Waals surface area contributed by atoms with Gasteiger partial charge in [-0.15, -0.1) is 0 Å². The lowest BCUT2D eigenvalue weighted by molar-refractivity contribution is -0.139. The van der Waals surface area contributed by atoms with Crippen LogP contribution in [-0.4, -0.2) is 34.3 Å². The highest BCUT2D eigenvalue weighted by molar-refractivity contribution is 6.46. The van der Waals surface area contributed by atoms with Crippen molar-refractivity contribution in [2.24, 2.45) is 0 Å². The number of aliphatic hydroxyl groups is 1. The summed E-state index contributed by atoms with van der Waals surface area (Å²) in [4.78, 5) is 27.4. The Kier molecular flexibility index (Phi) is 6.93. The van der Waals surface area contributed by atoms with Crippen LogP contribution in [0.4, 0.5) is 0 Å². The molecule has 30 heavy (non-hydrogen) atoms. The molecule has 0 saturated carbocycles. The standard InChI is InChI=1S/C25H29NO4/c1-4-5-9-16-26-22(18-12-14-20(15-13-18)30-17(2)3)21(24(28)25(26)29)23(27)19-10-7-6-8-11-19/h6-8,10-15,17,22,27H,4-5,9,16H2,1-3H3/b23-21-. The molecule has 0 radical (unpaired) electrons. The second kappa shape index (κ2) is 9.61. The van der Waals surface area contributed by atoms with Gasteiger partial charge < -0.3 is 14.7 Å². The molecule has 1 aliphatic heterocycles. The number of aliphatic hydroxyl groups excluding tert-OH is 1. The number of hydrogen-bond donors (Lipinski definition) is 1. The van der Waals surface area contributed by atoms with Crippen molar-refractivity contribution in [3.05, 3.63) is 71.3 Å². The second-order valence-corrected chi connectivity index (χ2v) is 7.80. The van der Waals surface area contributed by atoms with E-state index in [1.807, 2.05) is 44.2 Å². The van der Waals surface area contributed by atoms with Gasteiger partial charge in [-0.2, -0.15) is 0 Å². The molecule has 1 saturated heterocycles. The van der Waals surface area contributed by atoms with Gasteiger partial charge in [-0.3, -0.25) is 9.59 Å². The molecule has 5 nitrogen and oxygen atoms in total. The Labute approximate surface area is 178 Å². The van der Waals surface area contributed by atoms with E-state index in [-0.39, 0.29) is 17.4 Å². The van der Waals surface area contributed by atoms with Gasteiger partial charge in [-0.25, -0.2) is 0 Å². The molecular formula is C25H29NO4. The summed E-state index contributed by atoms with van der Waals surface area (Å²) in [6.07, 6.45) is 2.84. The third-order valence-electron chi connectivity index (χ3n) is 5.16. The van der Waals surface area contributed by atoms with Crippen molar-refractivity contribution in [2.75, 3.05) is 6.54 Å². The molecule has 1 heterocycles. The Hall–Kier alpha value is -3.08. The van der Waals surface area contributed by atoms with Crippen molar-refractivity contribution in [2.45, 2.75) is 52.2 Å². The topological polar surface area (TPSA) is 66.8 Å². The molecule has 0 spiro atoms. The van der Waals surface area contributed by atoms with E-state index in [1.165, 1.54) is 0 Å². The smallest absolute Gasteiger partial charge is 0.295 e. The van der Waals surface area contributed by atoms with Crippen molar-refractivity contribution in [1.29, 1.82) is 0 Å². The first-order valence-electron chi connectivity index (χ1n) is 10.5. The Bertz CT molecular complexity index is 916. The number of unbranched alkanes of at least 4 members (excludes halogenated alkanes) is 2. The summed E-state index contributed by atoms with van der Waals surface area (Å²) in [6, 6.07) is 15.7. The fourth-order valence-electron chi connectivity index (χ4n) is 3.74. The number of carbonyl (C=O) groups is 2. The van der Waals surface area contributed by atoms with Crippen molar-refractivity contribution >= 4 is 17.4 Å². The molecule has 2 aromatic rings. The van der Waals surface area contributed by atoms with Crippen LogP contribution in [-0.2, 0) is 9.59 Å². The van der Waals surface area contributed by atoms with Crippen molar-refractivity contribution in [3.63, 3.8) is 0 Å². The molecule has 0 bridgehead atoms. The zero-order valence-corrected chi connectivity index (χ0v) is 17.8. The molecular weight excluding hydrogens is 378 g/mol. The molecule has 1 unspecified atom stereocenters. The number of Topliss-reactive ketones (excluding diaryl/α,β-unsaturated/α-hetero) is 1. The van der Waals surface area contributed by atoms with E-state index in [2.05, 4.69) is 6.92 Å². The summed E-state index contributed by atoms with van der Waals surface area (Å²) in [6.45, 7) is 6.47. The minimum Gasteiger partial charge on any atom is -0.507 e. The first-order chi connectivity index (χ1) is 14.4. The highest BCUT2D eigenvalue weighted by Gasteiger charge is 2.45. The molecule has 3 rings (SSSR count). The highest BCUT2D eigenvalue weighted by atomic mass is 16.5. The minimum atomic E-state index is -0.639. The SMILES string of the molecule is CCCCCN1C(=O)C(=O)/C(=C(\O)c2ccccc2)C1c1ccc(OC(C)C)cc1. The Morgan fingerprint density at radius 1 is 1.03 bits per heavy atom. The van der Waals surface area contributed by atoms with Gasteiger partial charge in [-0.05, 0) is 38.0 Å². The van der Waals surface area contributed by atoms with Gasteiger partial charge in [0.15, 0.2) is 0 Å². The van der Waals surface area contributed by atoms with Crippen LogP contribution in [0.25, 0.3) is 5.76 Å². The van der Waals surface area contributed by atoms with E-state index in [0.29, 0.717) is 12.1 Å². The first kappa shape index (κ1) is 21.6. The van der Waals surface area contributed by atoms with Crippen LogP contribution in [0.2, 0.25) is 0 Å². The van der Waals surface area contributed by atoms with E-state index in [4.69, 9.17) is 4.74 Å². The average molecular weight is 408 g/mol. The molecule has 0 aliphatic carbocycles. The van der Waals surface area contributed by atoms with Crippen molar-refractivity contribution < 1.29 is 19.4 Å². The molecule has 5 heteroatoms. The molecule has 158 valence electrons. The summed E-state index contributed by atoms with van der Waals surface area (Å²) >= 11 is 0. The average Bonchev–Trinajstić information content (AvgIpc) is 2.99. The normalized spacial score (nSPS) is 18.3. The zero-order chi connectivity index (χ0) is 21.7. The van der Waals surface area contributed by atoms with Gasteiger partial charge >= 0.3 is 0 Å². The van der Waals surface area contributed by atoms with Crippen LogP contribution >= 0.6 is 0 Å². The van der Waals surface area contributed by atoms with E-state index < -0.39 is 17.7 Å². The van der Waals surface area contributed by atoms with Gasteiger partial charge in [0.1, 0.15) is 11.5 Å². The Morgan fingerprint density at radius 3 is 2.30 bits per heavy atom. The monoisotopic (exact) mass is 407 g/mol. The van der Waals surface area contributed by atoms with E-state index in [9.17, 15) is 14.7 Å². The third kappa shape index (κ3) is 4.56. The highest BCUT2D eigenvalue weighted by Crippen LogP contribution is 2.40. The van der Waals surface area contributed by atoms with Crippen LogP contribution in [0, 0.1) is 0 Å². The van der Waals surface area contributed by atoms with Gasteiger partial charge in [0, 0.05) is 12.1 Å². The zero-order valence-electron chi connectivity index (χ0n) is 17.8. The van der Waals surface area contributed by atoms with Crippen LogP contribution in [0.1, 0.15) is 57.2 Å². The number of benzene rings is 2. The number of ketones is 1. The lowest BCUT2D eigenvalue weighted by Crippen LogP contribution is -2.30. The second-order valence-electron chi connectivity index (χ2n) is 7.80. The molecule has 1 fully saturated rings. The summed E-state index contributed by atoms with van der Waals surface area (Å²) in [5.41, 5.74) is 1.44. The Balaban J connectivity index is 2.05. The lowest BCUT2D eigenvalue weighted by Gasteiger charge is -2.25. The first-order valence-corrected chi connectivity index (χ1v) is 10.5. The molecule has 1 aliphatic rings. The Morgan fingerprint density at radius 2 is 1.70 bits per heavy atom. The maximum atomic E-state index is 12.9. The van der Waals surface area contributed by atoms with Crippen LogP contribution < -0.4 is 4.74 Å². The largest absolute Gasteiger partial charge is 0.507 e. The number of amides is 1. The fraction of sp³-hybridized carbons (Fsp3) is 0.360. The molecule has 1 N–H and O–H groups in total. The van der Waals surface area contributed by atoms with Gasteiger partial charge in [0.2, 0.25) is 0 Å². The maximum absolute atomic E-state index is 12.9. The predicted molar refractivity (Wildman–Crippen MR) is 117 cm³/mol.